The van der Waals surface area contributed by atoms with Crippen LogP contribution in [0.15, 0.2) is 18.2 Å². The second-order valence-electron chi connectivity index (χ2n) is 5.35. The molecular weight excluding hydrogens is 243 g/mol. The Morgan fingerprint density at radius 3 is 2.63 bits per heavy atom. The normalized spacial score (nSPS) is 16.5. The Hall–Kier alpha value is -1.42. The molecule has 19 heavy (non-hydrogen) atoms. The molecule has 0 bridgehead atoms. The number of halogens is 1. The van der Waals surface area contributed by atoms with E-state index in [-0.39, 0.29) is 17.6 Å². The molecule has 1 aliphatic rings. The molecule has 0 aromatic heterocycles. The Balaban J connectivity index is 1.96. The second kappa shape index (κ2) is 5.70. The molecule has 0 spiro atoms. The Morgan fingerprint density at radius 2 is 2.05 bits per heavy atom. The number of rotatable bonds is 4. The van der Waals surface area contributed by atoms with Crippen LogP contribution in [-0.4, -0.2) is 30.9 Å². The second-order valence-corrected chi connectivity index (χ2v) is 5.35. The summed E-state index contributed by atoms with van der Waals surface area (Å²) in [5, 5.41) is 2.66. The van der Waals surface area contributed by atoms with E-state index >= 15 is 0 Å². The highest BCUT2D eigenvalue weighted by Crippen LogP contribution is 2.22. The van der Waals surface area contributed by atoms with Crippen molar-refractivity contribution in [3.63, 3.8) is 0 Å². The molecule has 0 aliphatic carbocycles. The third-order valence-corrected chi connectivity index (χ3v) is 3.52. The fraction of sp³-hybridized carbons (Fsp3) is 0.467. The maximum Gasteiger partial charge on any atom is 0.225 e. The first-order valence-corrected chi connectivity index (χ1v) is 6.53. The van der Waals surface area contributed by atoms with E-state index in [1.807, 2.05) is 19.9 Å². The Bertz CT molecular complexity index is 467. The molecule has 0 atom stereocenters. The highest BCUT2D eigenvalue weighted by molar-refractivity contribution is 5.79. The number of carbonyl (C=O) groups is 1. The van der Waals surface area contributed by atoms with Crippen LogP contribution in [0, 0.1) is 17.7 Å². The average Bonchev–Trinajstić information content (AvgIpc) is 2.31. The van der Waals surface area contributed by atoms with Crippen LogP contribution in [0.5, 0.6) is 0 Å². The number of hydrogen-bond acceptors (Lipinski definition) is 2. The molecular formula is C15H20FN2O. The molecule has 1 aromatic rings. The number of nitrogens with one attached hydrogen (secondary N) is 1. The molecule has 1 heterocycles. The van der Waals surface area contributed by atoms with E-state index < -0.39 is 0 Å². The molecule has 0 saturated carbocycles. The molecule has 2 rings (SSSR count). The molecule has 1 aliphatic heterocycles. The molecule has 1 saturated heterocycles. The van der Waals surface area contributed by atoms with Gasteiger partial charge in [-0.3, -0.25) is 9.69 Å². The van der Waals surface area contributed by atoms with Crippen LogP contribution < -0.4 is 5.32 Å². The lowest BCUT2D eigenvalue weighted by Gasteiger charge is -2.38. The summed E-state index contributed by atoms with van der Waals surface area (Å²) in [7, 11) is 1.66. The van der Waals surface area contributed by atoms with Crippen molar-refractivity contribution >= 4 is 5.91 Å². The van der Waals surface area contributed by atoms with E-state index in [1.54, 1.807) is 19.2 Å². The Morgan fingerprint density at radius 1 is 1.37 bits per heavy atom. The van der Waals surface area contributed by atoms with Gasteiger partial charge in [-0.25, -0.2) is 4.39 Å². The Kier molecular flexibility index (Phi) is 4.20. The first-order chi connectivity index (χ1) is 8.99. The maximum atomic E-state index is 13.5. The quantitative estimate of drug-likeness (QED) is 0.900. The fourth-order valence-corrected chi connectivity index (χ4v) is 2.36. The van der Waals surface area contributed by atoms with Gasteiger partial charge in [0.05, 0.1) is 5.92 Å². The third-order valence-electron chi connectivity index (χ3n) is 3.52. The molecule has 1 radical (unpaired) electrons. The highest BCUT2D eigenvalue weighted by atomic mass is 19.1. The van der Waals surface area contributed by atoms with Crippen molar-refractivity contribution < 1.29 is 9.18 Å². The molecule has 103 valence electrons. The lowest BCUT2D eigenvalue weighted by Crippen LogP contribution is -2.52. The lowest BCUT2D eigenvalue weighted by atomic mass is 9.96. The number of hydrogen-bond donors (Lipinski definition) is 1. The average molecular weight is 263 g/mol. The standard InChI is InChI=1S/C15H20FN2O/c1-10(2)12-4-11(5-14(16)6-12)7-18-8-13(9-18)15(19)17-3/h4-6,13H,7-9H2,1-3H3,(H,17,19). The van der Waals surface area contributed by atoms with Gasteiger partial charge in [-0.15, -0.1) is 0 Å². The van der Waals surface area contributed by atoms with Gasteiger partial charge in [0.2, 0.25) is 5.91 Å². The van der Waals surface area contributed by atoms with Gasteiger partial charge >= 0.3 is 0 Å². The van der Waals surface area contributed by atoms with Gasteiger partial charge in [-0.05, 0) is 29.2 Å². The van der Waals surface area contributed by atoms with Crippen molar-refractivity contribution in [1.29, 1.82) is 0 Å². The molecule has 1 amide bonds. The SMILES string of the molecule is CNC(=O)C1CN(Cc2cc(F)cc([C](C)C)c2)C1. The Labute approximate surface area is 113 Å². The van der Waals surface area contributed by atoms with Gasteiger partial charge in [0.15, 0.2) is 0 Å². The van der Waals surface area contributed by atoms with E-state index in [1.165, 1.54) is 0 Å². The van der Waals surface area contributed by atoms with E-state index in [2.05, 4.69) is 10.2 Å². The summed E-state index contributed by atoms with van der Waals surface area (Å²) >= 11 is 0. The smallest absolute Gasteiger partial charge is 0.225 e. The van der Waals surface area contributed by atoms with E-state index in [0.717, 1.165) is 30.1 Å². The van der Waals surface area contributed by atoms with Crippen molar-refractivity contribution in [2.45, 2.75) is 20.4 Å². The summed E-state index contributed by atoms with van der Waals surface area (Å²) in [5.41, 5.74) is 1.91. The van der Waals surface area contributed by atoms with Gasteiger partial charge in [0, 0.05) is 26.7 Å². The minimum Gasteiger partial charge on any atom is -0.359 e. The van der Waals surface area contributed by atoms with Gasteiger partial charge in [-0.1, -0.05) is 19.9 Å². The number of nitrogens with zero attached hydrogens (tertiary/aromatic N) is 1. The van der Waals surface area contributed by atoms with E-state index in [9.17, 15) is 9.18 Å². The molecule has 0 unspecified atom stereocenters. The van der Waals surface area contributed by atoms with Crippen molar-refractivity contribution in [2.24, 2.45) is 5.92 Å². The predicted molar refractivity (Wildman–Crippen MR) is 72.9 cm³/mol. The van der Waals surface area contributed by atoms with Gasteiger partial charge < -0.3 is 5.32 Å². The summed E-state index contributed by atoms with van der Waals surface area (Å²) in [5.74, 6) is 1.08. The van der Waals surface area contributed by atoms with Crippen LogP contribution in [0.1, 0.15) is 25.0 Å². The summed E-state index contributed by atoms with van der Waals surface area (Å²) in [6, 6.07) is 5.15. The van der Waals surface area contributed by atoms with Crippen LogP contribution in [0.3, 0.4) is 0 Å². The molecule has 1 N–H and O–H groups in total. The van der Waals surface area contributed by atoms with E-state index in [0.29, 0.717) is 6.54 Å². The molecule has 1 fully saturated rings. The summed E-state index contributed by atoms with van der Waals surface area (Å²) < 4.78 is 13.5. The van der Waals surface area contributed by atoms with Crippen molar-refractivity contribution in [3.05, 3.63) is 41.1 Å². The number of carbonyl (C=O) groups excluding carboxylic acids is 1. The summed E-state index contributed by atoms with van der Waals surface area (Å²) in [6.07, 6.45) is 0. The van der Waals surface area contributed by atoms with Crippen LogP contribution in [0.2, 0.25) is 0 Å². The minimum absolute atomic E-state index is 0.0810. The summed E-state index contributed by atoms with van der Waals surface area (Å²) in [6.45, 7) is 6.15. The highest BCUT2D eigenvalue weighted by Gasteiger charge is 2.31. The predicted octanol–water partition coefficient (Wildman–Crippen LogP) is 1.97. The largest absolute Gasteiger partial charge is 0.359 e. The zero-order valence-electron chi connectivity index (χ0n) is 11.7. The van der Waals surface area contributed by atoms with Crippen LogP contribution in [-0.2, 0) is 11.3 Å². The van der Waals surface area contributed by atoms with Gasteiger partial charge in [0.1, 0.15) is 5.82 Å². The van der Waals surface area contributed by atoms with Gasteiger partial charge in [0.25, 0.3) is 0 Å². The van der Waals surface area contributed by atoms with Crippen LogP contribution >= 0.6 is 0 Å². The van der Waals surface area contributed by atoms with Crippen molar-refractivity contribution in [2.75, 3.05) is 20.1 Å². The van der Waals surface area contributed by atoms with Crippen LogP contribution in [0.25, 0.3) is 0 Å². The molecule has 4 heteroatoms. The topological polar surface area (TPSA) is 32.3 Å². The maximum absolute atomic E-state index is 13.5. The number of likely N-dealkylation sites (tertiary alicyclic amines) is 1. The zero-order chi connectivity index (χ0) is 14.0. The third kappa shape index (κ3) is 3.32. The van der Waals surface area contributed by atoms with Crippen molar-refractivity contribution in [3.8, 4) is 0 Å². The zero-order valence-corrected chi connectivity index (χ0v) is 11.7. The van der Waals surface area contributed by atoms with Crippen molar-refractivity contribution in [1.82, 2.24) is 10.2 Å². The number of benzene rings is 1. The van der Waals surface area contributed by atoms with Crippen LogP contribution in [0.4, 0.5) is 4.39 Å². The van der Waals surface area contributed by atoms with Gasteiger partial charge in [-0.2, -0.15) is 0 Å². The first kappa shape index (κ1) is 14.0. The fourth-order valence-electron chi connectivity index (χ4n) is 2.36. The van der Waals surface area contributed by atoms with E-state index in [4.69, 9.17) is 0 Å². The number of amides is 1. The monoisotopic (exact) mass is 263 g/mol. The molecule has 3 nitrogen and oxygen atoms in total. The first-order valence-electron chi connectivity index (χ1n) is 6.53. The summed E-state index contributed by atoms with van der Waals surface area (Å²) in [4.78, 5) is 13.5. The minimum atomic E-state index is -0.197. The lowest BCUT2D eigenvalue weighted by molar-refractivity contribution is -0.129. The molecule has 1 aromatic carbocycles.